The van der Waals surface area contributed by atoms with Gasteiger partial charge in [-0.1, -0.05) is 17.7 Å². The Labute approximate surface area is 106 Å². The summed E-state index contributed by atoms with van der Waals surface area (Å²) < 4.78 is 0. The molecule has 0 aliphatic carbocycles. The predicted molar refractivity (Wildman–Crippen MR) is 69.3 cm³/mol. The van der Waals surface area contributed by atoms with Gasteiger partial charge in [0.1, 0.15) is 0 Å². The van der Waals surface area contributed by atoms with Crippen LogP contribution in [0.3, 0.4) is 0 Å². The Kier molecular flexibility index (Phi) is 4.85. The van der Waals surface area contributed by atoms with Crippen molar-refractivity contribution in [3.05, 3.63) is 29.3 Å². The fourth-order valence-corrected chi connectivity index (χ4v) is 1.55. The third-order valence-corrected chi connectivity index (χ3v) is 2.61. The van der Waals surface area contributed by atoms with Crippen molar-refractivity contribution in [2.75, 3.05) is 25.5 Å². The number of aryl methyl sites for hydroxylation is 2. The summed E-state index contributed by atoms with van der Waals surface area (Å²) in [7, 11) is 1.47. The van der Waals surface area contributed by atoms with Gasteiger partial charge < -0.3 is 15.3 Å². The van der Waals surface area contributed by atoms with Crippen LogP contribution in [0.5, 0.6) is 0 Å². The molecule has 0 fully saturated rings. The lowest BCUT2D eigenvalue weighted by atomic mass is 10.1. The molecular formula is C13H18N2O3. The lowest BCUT2D eigenvalue weighted by molar-refractivity contribution is -0.142. The number of nitrogens with zero attached hydrogens (tertiary/aromatic N) is 1. The topological polar surface area (TPSA) is 69.6 Å². The molecule has 1 aromatic carbocycles. The minimum atomic E-state index is -0.696. The summed E-state index contributed by atoms with van der Waals surface area (Å²) in [5, 5.41) is 11.3. The van der Waals surface area contributed by atoms with Crippen molar-refractivity contribution in [2.24, 2.45) is 0 Å². The van der Waals surface area contributed by atoms with Gasteiger partial charge in [-0.25, -0.2) is 0 Å². The van der Waals surface area contributed by atoms with Crippen LogP contribution in [0.2, 0.25) is 0 Å². The SMILES string of the molecule is Cc1ccc(NC(=O)C(=O)N(C)CCO)c(C)c1. The van der Waals surface area contributed by atoms with Gasteiger partial charge in [-0.05, 0) is 25.5 Å². The van der Waals surface area contributed by atoms with E-state index >= 15 is 0 Å². The minimum absolute atomic E-state index is 0.138. The van der Waals surface area contributed by atoms with Crippen molar-refractivity contribution in [2.45, 2.75) is 13.8 Å². The highest BCUT2D eigenvalue weighted by Gasteiger charge is 2.18. The molecule has 2 N–H and O–H groups in total. The Morgan fingerprint density at radius 1 is 1.33 bits per heavy atom. The fourth-order valence-electron chi connectivity index (χ4n) is 1.55. The van der Waals surface area contributed by atoms with E-state index in [1.54, 1.807) is 6.07 Å². The summed E-state index contributed by atoms with van der Waals surface area (Å²) in [6, 6.07) is 5.56. The fraction of sp³-hybridized carbons (Fsp3) is 0.385. The van der Waals surface area contributed by atoms with E-state index in [9.17, 15) is 9.59 Å². The van der Waals surface area contributed by atoms with E-state index in [0.29, 0.717) is 5.69 Å². The average Bonchev–Trinajstić information content (AvgIpc) is 2.32. The predicted octanol–water partition coefficient (Wildman–Crippen LogP) is 0.693. The number of nitrogens with one attached hydrogen (secondary N) is 1. The Bertz CT molecular complexity index is 458. The highest BCUT2D eigenvalue weighted by molar-refractivity contribution is 6.39. The standard InChI is InChI=1S/C13H18N2O3/c1-9-4-5-11(10(2)8-9)14-12(17)13(18)15(3)6-7-16/h4-5,8,16H,6-7H2,1-3H3,(H,14,17). The maximum absolute atomic E-state index is 11.7. The van der Waals surface area contributed by atoms with Crippen molar-refractivity contribution in [1.29, 1.82) is 0 Å². The molecule has 2 amide bonds. The molecule has 0 heterocycles. The zero-order valence-corrected chi connectivity index (χ0v) is 10.9. The van der Waals surface area contributed by atoms with Crippen molar-refractivity contribution < 1.29 is 14.7 Å². The van der Waals surface area contributed by atoms with E-state index in [1.807, 2.05) is 26.0 Å². The summed E-state index contributed by atoms with van der Waals surface area (Å²) in [6.45, 7) is 3.79. The number of aliphatic hydroxyl groups is 1. The summed E-state index contributed by atoms with van der Waals surface area (Å²) in [4.78, 5) is 24.5. The number of carbonyl (C=O) groups excluding carboxylic acids is 2. The number of hydrogen-bond acceptors (Lipinski definition) is 3. The zero-order chi connectivity index (χ0) is 13.7. The molecule has 0 aliphatic heterocycles. The molecule has 1 rings (SSSR count). The maximum atomic E-state index is 11.7. The van der Waals surface area contributed by atoms with E-state index in [4.69, 9.17) is 5.11 Å². The number of aliphatic hydroxyl groups excluding tert-OH is 1. The Hall–Kier alpha value is -1.88. The first-order valence-corrected chi connectivity index (χ1v) is 5.70. The van der Waals surface area contributed by atoms with Crippen LogP contribution < -0.4 is 5.32 Å². The quantitative estimate of drug-likeness (QED) is 0.776. The summed E-state index contributed by atoms with van der Waals surface area (Å²) in [5.74, 6) is -1.36. The maximum Gasteiger partial charge on any atom is 0.313 e. The van der Waals surface area contributed by atoms with Crippen LogP contribution in [0, 0.1) is 13.8 Å². The summed E-state index contributed by atoms with van der Waals surface area (Å²) in [5.41, 5.74) is 2.62. The zero-order valence-electron chi connectivity index (χ0n) is 10.9. The second-order valence-corrected chi connectivity index (χ2v) is 4.22. The minimum Gasteiger partial charge on any atom is -0.395 e. The van der Waals surface area contributed by atoms with Gasteiger partial charge in [0.25, 0.3) is 0 Å². The van der Waals surface area contributed by atoms with Gasteiger partial charge in [-0.3, -0.25) is 9.59 Å². The van der Waals surface area contributed by atoms with Gasteiger partial charge in [0, 0.05) is 19.3 Å². The monoisotopic (exact) mass is 250 g/mol. The van der Waals surface area contributed by atoms with E-state index in [1.165, 1.54) is 11.9 Å². The van der Waals surface area contributed by atoms with Crippen LogP contribution in [0.4, 0.5) is 5.69 Å². The number of likely N-dealkylation sites (N-methyl/N-ethyl adjacent to an activating group) is 1. The van der Waals surface area contributed by atoms with Gasteiger partial charge in [0.2, 0.25) is 0 Å². The van der Waals surface area contributed by atoms with Crippen molar-refractivity contribution >= 4 is 17.5 Å². The third-order valence-electron chi connectivity index (χ3n) is 2.61. The van der Waals surface area contributed by atoms with Crippen LogP contribution in [0.25, 0.3) is 0 Å². The number of amides is 2. The molecule has 0 saturated carbocycles. The van der Waals surface area contributed by atoms with Crippen molar-refractivity contribution in [1.82, 2.24) is 4.90 Å². The molecule has 98 valence electrons. The molecule has 0 atom stereocenters. The third kappa shape index (κ3) is 3.56. The summed E-state index contributed by atoms with van der Waals surface area (Å²) >= 11 is 0. The Balaban J connectivity index is 2.72. The van der Waals surface area contributed by atoms with Gasteiger partial charge in [0.15, 0.2) is 0 Å². The Morgan fingerprint density at radius 3 is 2.56 bits per heavy atom. The molecule has 1 aromatic rings. The second kappa shape index (κ2) is 6.16. The number of anilines is 1. The smallest absolute Gasteiger partial charge is 0.313 e. The van der Waals surface area contributed by atoms with E-state index in [0.717, 1.165) is 11.1 Å². The van der Waals surface area contributed by atoms with E-state index < -0.39 is 11.8 Å². The number of rotatable bonds is 3. The first kappa shape index (κ1) is 14.2. The lowest BCUT2D eigenvalue weighted by Gasteiger charge is -2.15. The largest absolute Gasteiger partial charge is 0.395 e. The first-order valence-electron chi connectivity index (χ1n) is 5.70. The average molecular weight is 250 g/mol. The molecular weight excluding hydrogens is 232 g/mol. The number of hydrogen-bond donors (Lipinski definition) is 2. The van der Waals surface area contributed by atoms with Crippen LogP contribution in [0.15, 0.2) is 18.2 Å². The molecule has 0 unspecified atom stereocenters. The molecule has 0 aromatic heterocycles. The Morgan fingerprint density at radius 2 is 2.00 bits per heavy atom. The highest BCUT2D eigenvalue weighted by atomic mass is 16.3. The van der Waals surface area contributed by atoms with E-state index in [2.05, 4.69) is 5.32 Å². The van der Waals surface area contributed by atoms with Crippen molar-refractivity contribution in [3.63, 3.8) is 0 Å². The number of benzene rings is 1. The van der Waals surface area contributed by atoms with E-state index in [-0.39, 0.29) is 13.2 Å². The lowest BCUT2D eigenvalue weighted by Crippen LogP contribution is -2.38. The molecule has 0 saturated heterocycles. The number of carbonyl (C=O) groups is 2. The molecule has 0 radical (unpaired) electrons. The molecule has 0 aliphatic rings. The van der Waals surface area contributed by atoms with Gasteiger partial charge >= 0.3 is 11.8 Å². The first-order chi connectivity index (χ1) is 8.45. The van der Waals surface area contributed by atoms with Crippen LogP contribution in [0.1, 0.15) is 11.1 Å². The molecule has 0 spiro atoms. The highest BCUT2D eigenvalue weighted by Crippen LogP contribution is 2.15. The molecule has 5 nitrogen and oxygen atoms in total. The molecule has 5 heteroatoms. The van der Waals surface area contributed by atoms with Crippen LogP contribution >= 0.6 is 0 Å². The summed E-state index contributed by atoms with van der Waals surface area (Å²) in [6.07, 6.45) is 0. The van der Waals surface area contributed by atoms with Crippen molar-refractivity contribution in [3.8, 4) is 0 Å². The second-order valence-electron chi connectivity index (χ2n) is 4.22. The normalized spacial score (nSPS) is 10.0. The molecule has 0 bridgehead atoms. The van der Waals surface area contributed by atoms with Crippen LogP contribution in [-0.2, 0) is 9.59 Å². The van der Waals surface area contributed by atoms with Crippen LogP contribution in [-0.4, -0.2) is 42.0 Å². The van der Waals surface area contributed by atoms with Gasteiger partial charge in [-0.15, -0.1) is 0 Å². The van der Waals surface area contributed by atoms with Gasteiger partial charge in [-0.2, -0.15) is 0 Å². The molecule has 18 heavy (non-hydrogen) atoms. The van der Waals surface area contributed by atoms with Gasteiger partial charge in [0.05, 0.1) is 6.61 Å².